The zero-order chi connectivity index (χ0) is 14.2. The third kappa shape index (κ3) is 2.17. The second-order valence-electron chi connectivity index (χ2n) is 4.74. The Bertz CT molecular complexity index is 910. The van der Waals surface area contributed by atoms with Gasteiger partial charge in [0.25, 0.3) is 0 Å². The molecular weight excluding hydrogens is 328 g/mol. The summed E-state index contributed by atoms with van der Waals surface area (Å²) in [6.45, 7) is 0. The molecule has 0 aliphatic carbocycles. The van der Waals surface area contributed by atoms with Crippen molar-refractivity contribution >= 4 is 27.0 Å². The Hall–Kier alpha value is -2.33. The van der Waals surface area contributed by atoms with Crippen molar-refractivity contribution in [1.29, 1.82) is 0 Å². The van der Waals surface area contributed by atoms with Gasteiger partial charge in [-0.15, -0.1) is 0 Å². The zero-order valence-corrected chi connectivity index (χ0v) is 12.6. The fraction of sp³-hybridized carbons (Fsp3) is 0. The van der Waals surface area contributed by atoms with Crippen LogP contribution >= 0.6 is 15.9 Å². The van der Waals surface area contributed by atoms with E-state index in [1.54, 1.807) is 0 Å². The second kappa shape index (κ2) is 4.90. The van der Waals surface area contributed by atoms with Gasteiger partial charge in [0.2, 0.25) is 5.89 Å². The van der Waals surface area contributed by atoms with Crippen molar-refractivity contribution in [3.8, 4) is 17.1 Å². The molecule has 21 heavy (non-hydrogen) atoms. The molecule has 4 aromatic rings. The van der Waals surface area contributed by atoms with Crippen molar-refractivity contribution in [3.05, 3.63) is 71.5 Å². The van der Waals surface area contributed by atoms with Crippen molar-refractivity contribution in [2.45, 2.75) is 0 Å². The van der Waals surface area contributed by atoms with Crippen LogP contribution in [0, 0.1) is 0 Å². The molecule has 3 nitrogen and oxygen atoms in total. The van der Waals surface area contributed by atoms with E-state index in [4.69, 9.17) is 4.42 Å². The summed E-state index contributed by atoms with van der Waals surface area (Å²) < 4.78 is 8.88. The lowest BCUT2D eigenvalue weighted by molar-refractivity contribution is 0.619. The maximum absolute atomic E-state index is 5.86. The normalized spacial score (nSPS) is 11.1. The minimum atomic E-state index is 0.627. The standard InChI is InChI=1S/C17H11BrN2O/c18-14-6-2-1-5-13(14)17-19-15-11-12(7-8-16(15)21-17)20-9-3-4-10-20/h1-11H. The molecule has 2 heterocycles. The van der Waals surface area contributed by atoms with Crippen LogP contribution in [0.2, 0.25) is 0 Å². The molecule has 102 valence electrons. The molecule has 0 bridgehead atoms. The van der Waals surface area contributed by atoms with Gasteiger partial charge in [0.15, 0.2) is 5.58 Å². The van der Waals surface area contributed by atoms with E-state index in [1.165, 1.54) is 0 Å². The van der Waals surface area contributed by atoms with E-state index < -0.39 is 0 Å². The highest BCUT2D eigenvalue weighted by atomic mass is 79.9. The molecule has 0 unspecified atom stereocenters. The van der Waals surface area contributed by atoms with E-state index in [9.17, 15) is 0 Å². The maximum Gasteiger partial charge on any atom is 0.228 e. The largest absolute Gasteiger partial charge is 0.436 e. The van der Waals surface area contributed by atoms with Crippen LogP contribution in [0.15, 0.2) is 75.9 Å². The summed E-state index contributed by atoms with van der Waals surface area (Å²) in [6.07, 6.45) is 4.02. The van der Waals surface area contributed by atoms with Crippen LogP contribution in [0.25, 0.3) is 28.2 Å². The topological polar surface area (TPSA) is 31.0 Å². The molecular formula is C17H11BrN2O. The average Bonchev–Trinajstić information content (AvgIpc) is 3.16. The smallest absolute Gasteiger partial charge is 0.228 e. The van der Waals surface area contributed by atoms with Gasteiger partial charge in [-0.3, -0.25) is 0 Å². The van der Waals surface area contributed by atoms with Gasteiger partial charge >= 0.3 is 0 Å². The molecule has 0 amide bonds. The molecule has 2 aromatic carbocycles. The lowest BCUT2D eigenvalue weighted by Crippen LogP contribution is -1.88. The van der Waals surface area contributed by atoms with Crippen LogP contribution in [0.5, 0.6) is 0 Å². The van der Waals surface area contributed by atoms with Crippen LogP contribution in [0.4, 0.5) is 0 Å². The fourth-order valence-electron chi connectivity index (χ4n) is 2.33. The molecule has 0 spiro atoms. The third-order valence-electron chi connectivity index (χ3n) is 3.38. The van der Waals surface area contributed by atoms with Crippen molar-refractivity contribution in [3.63, 3.8) is 0 Å². The van der Waals surface area contributed by atoms with E-state index in [1.807, 2.05) is 71.6 Å². The van der Waals surface area contributed by atoms with Crippen LogP contribution in [-0.2, 0) is 0 Å². The number of hydrogen-bond donors (Lipinski definition) is 0. The van der Waals surface area contributed by atoms with Gasteiger partial charge in [0, 0.05) is 22.6 Å². The van der Waals surface area contributed by atoms with Gasteiger partial charge < -0.3 is 8.98 Å². The molecule has 0 aliphatic rings. The summed E-state index contributed by atoms with van der Waals surface area (Å²) in [7, 11) is 0. The van der Waals surface area contributed by atoms with Gasteiger partial charge in [0.05, 0.1) is 5.56 Å². The van der Waals surface area contributed by atoms with Gasteiger partial charge in [-0.05, 0) is 58.4 Å². The molecule has 4 heteroatoms. The first kappa shape index (κ1) is 12.4. The number of nitrogens with zero attached hydrogens (tertiary/aromatic N) is 2. The minimum Gasteiger partial charge on any atom is -0.436 e. The van der Waals surface area contributed by atoms with E-state index in [2.05, 4.69) is 20.9 Å². The summed E-state index contributed by atoms with van der Waals surface area (Å²) in [4.78, 5) is 4.60. The number of benzene rings is 2. The second-order valence-corrected chi connectivity index (χ2v) is 5.60. The van der Waals surface area contributed by atoms with Gasteiger partial charge in [-0.25, -0.2) is 4.98 Å². The number of fused-ring (bicyclic) bond motifs is 1. The first-order valence-corrected chi connectivity index (χ1v) is 7.39. The highest BCUT2D eigenvalue weighted by Gasteiger charge is 2.11. The molecule has 0 atom stereocenters. The molecule has 2 aromatic heterocycles. The quantitative estimate of drug-likeness (QED) is 0.512. The predicted molar refractivity (Wildman–Crippen MR) is 86.5 cm³/mol. The highest BCUT2D eigenvalue weighted by Crippen LogP contribution is 2.30. The average molecular weight is 339 g/mol. The monoisotopic (exact) mass is 338 g/mol. The first-order chi connectivity index (χ1) is 10.3. The molecule has 4 rings (SSSR count). The van der Waals surface area contributed by atoms with Crippen LogP contribution in [0.3, 0.4) is 0 Å². The highest BCUT2D eigenvalue weighted by molar-refractivity contribution is 9.10. The van der Waals surface area contributed by atoms with Crippen LogP contribution < -0.4 is 0 Å². The zero-order valence-electron chi connectivity index (χ0n) is 11.0. The summed E-state index contributed by atoms with van der Waals surface area (Å²) in [5.41, 5.74) is 3.67. The Morgan fingerprint density at radius 2 is 1.76 bits per heavy atom. The molecule has 0 radical (unpaired) electrons. The van der Waals surface area contributed by atoms with E-state index >= 15 is 0 Å². The Morgan fingerprint density at radius 3 is 2.57 bits per heavy atom. The molecule has 0 saturated heterocycles. The lowest BCUT2D eigenvalue weighted by atomic mass is 10.2. The van der Waals surface area contributed by atoms with E-state index in [0.717, 1.165) is 26.8 Å². The van der Waals surface area contributed by atoms with Gasteiger partial charge in [-0.2, -0.15) is 0 Å². The van der Waals surface area contributed by atoms with Crippen molar-refractivity contribution in [2.75, 3.05) is 0 Å². The molecule has 0 fully saturated rings. The molecule has 0 saturated carbocycles. The van der Waals surface area contributed by atoms with E-state index in [0.29, 0.717) is 5.89 Å². The third-order valence-corrected chi connectivity index (χ3v) is 4.07. The SMILES string of the molecule is Brc1ccccc1-c1nc2cc(-n3cccc3)ccc2o1. The summed E-state index contributed by atoms with van der Waals surface area (Å²) >= 11 is 3.53. The number of halogens is 1. The van der Waals surface area contributed by atoms with Gasteiger partial charge in [0.1, 0.15) is 5.52 Å². The fourth-order valence-corrected chi connectivity index (χ4v) is 2.79. The maximum atomic E-state index is 5.86. The van der Waals surface area contributed by atoms with Crippen molar-refractivity contribution < 1.29 is 4.42 Å². The Kier molecular flexibility index (Phi) is 2.89. The minimum absolute atomic E-state index is 0.627. The Labute approximate surface area is 130 Å². The molecule has 0 aliphatic heterocycles. The molecule has 0 N–H and O–H groups in total. The van der Waals surface area contributed by atoms with Crippen molar-refractivity contribution in [2.24, 2.45) is 0 Å². The van der Waals surface area contributed by atoms with Crippen LogP contribution in [0.1, 0.15) is 0 Å². The number of hydrogen-bond acceptors (Lipinski definition) is 2. The predicted octanol–water partition coefficient (Wildman–Crippen LogP) is 5.05. The van der Waals surface area contributed by atoms with E-state index in [-0.39, 0.29) is 0 Å². The first-order valence-electron chi connectivity index (χ1n) is 6.60. The van der Waals surface area contributed by atoms with Crippen molar-refractivity contribution in [1.82, 2.24) is 9.55 Å². The summed E-state index contributed by atoms with van der Waals surface area (Å²) in [5, 5.41) is 0. The lowest BCUT2D eigenvalue weighted by Gasteiger charge is -2.00. The Balaban J connectivity index is 1.85. The number of oxazole rings is 1. The number of aromatic nitrogens is 2. The Morgan fingerprint density at radius 1 is 0.952 bits per heavy atom. The number of rotatable bonds is 2. The van der Waals surface area contributed by atoms with Gasteiger partial charge in [-0.1, -0.05) is 12.1 Å². The summed E-state index contributed by atoms with van der Waals surface area (Å²) in [5.74, 6) is 0.627. The van der Waals surface area contributed by atoms with Crippen LogP contribution in [-0.4, -0.2) is 9.55 Å². The summed E-state index contributed by atoms with van der Waals surface area (Å²) in [6, 6.07) is 17.9.